The van der Waals surface area contributed by atoms with Crippen LogP contribution < -0.4 is 5.43 Å². The number of carbonyl (C=O) groups excluding carboxylic acids is 1. The maximum atomic E-state index is 9.88. The van der Waals surface area contributed by atoms with E-state index in [1.165, 1.54) is 0 Å². The summed E-state index contributed by atoms with van der Waals surface area (Å²) >= 11 is 0. The molecule has 1 heterocycles. The number of nitrogens with zero attached hydrogens (tertiary/aromatic N) is 1. The van der Waals surface area contributed by atoms with Crippen LogP contribution in [0.4, 0.5) is 0 Å². The molecule has 0 saturated carbocycles. The summed E-state index contributed by atoms with van der Waals surface area (Å²) in [5, 5.41) is 1.92. The van der Waals surface area contributed by atoms with Gasteiger partial charge >= 0.3 is 0 Å². The molecule has 1 rings (SSSR count). The van der Waals surface area contributed by atoms with Crippen molar-refractivity contribution in [2.75, 3.05) is 19.6 Å². The standard InChI is InChI=1S/C5H10N2O/c8-5-4-7-3-1-2-6-7/h5-6H,1-4H2. The fraction of sp³-hybridized carbons (Fsp3) is 0.800. The molecule has 1 N–H and O–H groups in total. The minimum absolute atomic E-state index is 0.528. The van der Waals surface area contributed by atoms with Gasteiger partial charge in [-0.05, 0) is 6.42 Å². The van der Waals surface area contributed by atoms with Crippen LogP contribution in [-0.2, 0) is 4.79 Å². The Bertz CT molecular complexity index is 78.5. The molecule has 1 aliphatic heterocycles. The maximum absolute atomic E-state index is 9.88. The molecule has 0 aromatic carbocycles. The second-order valence-corrected chi connectivity index (χ2v) is 1.87. The molecular weight excluding hydrogens is 104 g/mol. The zero-order chi connectivity index (χ0) is 5.82. The molecule has 0 atom stereocenters. The zero-order valence-electron chi connectivity index (χ0n) is 4.76. The first-order chi connectivity index (χ1) is 3.93. The summed E-state index contributed by atoms with van der Waals surface area (Å²) in [5.74, 6) is 0. The molecule has 0 spiro atoms. The molecule has 0 radical (unpaired) electrons. The van der Waals surface area contributed by atoms with Crippen molar-refractivity contribution in [3.05, 3.63) is 0 Å². The number of hydrogen-bond donors (Lipinski definition) is 1. The van der Waals surface area contributed by atoms with E-state index in [0.717, 1.165) is 25.8 Å². The quantitative estimate of drug-likeness (QED) is 0.486. The molecule has 3 nitrogen and oxygen atoms in total. The Morgan fingerprint density at radius 2 is 2.62 bits per heavy atom. The molecule has 46 valence electrons. The monoisotopic (exact) mass is 114 g/mol. The molecule has 3 heteroatoms. The third kappa shape index (κ3) is 1.28. The Morgan fingerprint density at radius 3 is 3.12 bits per heavy atom. The summed E-state index contributed by atoms with van der Waals surface area (Å²) in [5.41, 5.74) is 3.06. The third-order valence-corrected chi connectivity index (χ3v) is 1.24. The van der Waals surface area contributed by atoms with Gasteiger partial charge in [-0.2, -0.15) is 0 Å². The van der Waals surface area contributed by atoms with Gasteiger partial charge in [0.2, 0.25) is 0 Å². The topological polar surface area (TPSA) is 32.3 Å². The van der Waals surface area contributed by atoms with Gasteiger partial charge in [-0.25, -0.2) is 5.01 Å². The van der Waals surface area contributed by atoms with Crippen LogP contribution in [-0.4, -0.2) is 30.9 Å². The fourth-order valence-electron chi connectivity index (χ4n) is 0.832. The second-order valence-electron chi connectivity index (χ2n) is 1.87. The van der Waals surface area contributed by atoms with Gasteiger partial charge < -0.3 is 4.79 Å². The Balaban J connectivity index is 2.14. The summed E-state index contributed by atoms with van der Waals surface area (Å²) in [6.45, 7) is 2.56. The summed E-state index contributed by atoms with van der Waals surface area (Å²) in [7, 11) is 0. The van der Waals surface area contributed by atoms with E-state index in [0.29, 0.717) is 6.54 Å². The van der Waals surface area contributed by atoms with Gasteiger partial charge in [-0.1, -0.05) is 0 Å². The van der Waals surface area contributed by atoms with E-state index >= 15 is 0 Å². The van der Waals surface area contributed by atoms with Crippen LogP contribution in [0.3, 0.4) is 0 Å². The number of hydrogen-bond acceptors (Lipinski definition) is 3. The molecule has 1 saturated heterocycles. The minimum atomic E-state index is 0.528. The fourth-order valence-corrected chi connectivity index (χ4v) is 0.832. The van der Waals surface area contributed by atoms with Crippen LogP contribution in [0.1, 0.15) is 6.42 Å². The maximum Gasteiger partial charge on any atom is 0.135 e. The summed E-state index contributed by atoms with van der Waals surface area (Å²) in [6, 6.07) is 0. The first-order valence-electron chi connectivity index (χ1n) is 2.85. The second kappa shape index (κ2) is 2.79. The lowest BCUT2D eigenvalue weighted by molar-refractivity contribution is -0.109. The number of hydrazine groups is 1. The SMILES string of the molecule is O=CCN1CCCN1. The highest BCUT2D eigenvalue weighted by Crippen LogP contribution is 1.92. The normalized spacial score (nSPS) is 21.5. The molecule has 0 bridgehead atoms. The van der Waals surface area contributed by atoms with Crippen molar-refractivity contribution in [1.29, 1.82) is 0 Å². The van der Waals surface area contributed by atoms with Crippen molar-refractivity contribution >= 4 is 6.29 Å². The van der Waals surface area contributed by atoms with Gasteiger partial charge in [0.25, 0.3) is 0 Å². The summed E-state index contributed by atoms with van der Waals surface area (Å²) in [4.78, 5) is 9.88. The molecule has 8 heavy (non-hydrogen) atoms. The molecule has 0 amide bonds. The summed E-state index contributed by atoms with van der Waals surface area (Å²) < 4.78 is 0. The van der Waals surface area contributed by atoms with Crippen LogP contribution in [0.2, 0.25) is 0 Å². The first-order valence-corrected chi connectivity index (χ1v) is 2.85. The molecule has 0 aromatic heterocycles. The van der Waals surface area contributed by atoms with Crippen molar-refractivity contribution < 1.29 is 4.79 Å². The van der Waals surface area contributed by atoms with E-state index < -0.39 is 0 Å². The lowest BCUT2D eigenvalue weighted by Crippen LogP contribution is -2.32. The van der Waals surface area contributed by atoms with Crippen molar-refractivity contribution in [1.82, 2.24) is 10.4 Å². The van der Waals surface area contributed by atoms with E-state index in [1.807, 2.05) is 5.01 Å². The number of nitrogens with one attached hydrogen (secondary N) is 1. The van der Waals surface area contributed by atoms with Crippen LogP contribution in [0.5, 0.6) is 0 Å². The Hall–Kier alpha value is -0.410. The third-order valence-electron chi connectivity index (χ3n) is 1.24. The van der Waals surface area contributed by atoms with Crippen LogP contribution >= 0.6 is 0 Å². The van der Waals surface area contributed by atoms with E-state index in [9.17, 15) is 4.79 Å². The largest absolute Gasteiger partial charge is 0.302 e. The minimum Gasteiger partial charge on any atom is -0.302 e. The van der Waals surface area contributed by atoms with Gasteiger partial charge in [-0.15, -0.1) is 0 Å². The highest BCUT2D eigenvalue weighted by Gasteiger charge is 2.07. The smallest absolute Gasteiger partial charge is 0.135 e. The highest BCUT2D eigenvalue weighted by atomic mass is 16.1. The van der Waals surface area contributed by atoms with E-state index in [4.69, 9.17) is 0 Å². The van der Waals surface area contributed by atoms with Gasteiger partial charge in [0.1, 0.15) is 6.29 Å². The van der Waals surface area contributed by atoms with Gasteiger partial charge in [0.05, 0.1) is 6.54 Å². The predicted octanol–water partition coefficient (Wildman–Crippen LogP) is -0.604. The van der Waals surface area contributed by atoms with Gasteiger partial charge in [0.15, 0.2) is 0 Å². The first kappa shape index (κ1) is 5.72. The van der Waals surface area contributed by atoms with Crippen molar-refractivity contribution in [3.63, 3.8) is 0 Å². The van der Waals surface area contributed by atoms with Crippen molar-refractivity contribution in [2.24, 2.45) is 0 Å². The average molecular weight is 114 g/mol. The Labute approximate surface area is 48.6 Å². The number of aldehydes is 1. The number of rotatable bonds is 2. The number of carbonyl (C=O) groups is 1. The van der Waals surface area contributed by atoms with Gasteiger partial charge in [0, 0.05) is 13.1 Å². The molecule has 1 aliphatic rings. The molecule has 1 fully saturated rings. The molecule has 0 aliphatic carbocycles. The molecule has 0 aromatic rings. The zero-order valence-corrected chi connectivity index (χ0v) is 4.76. The Morgan fingerprint density at radius 1 is 1.75 bits per heavy atom. The molecule has 0 unspecified atom stereocenters. The van der Waals surface area contributed by atoms with E-state index in [1.54, 1.807) is 0 Å². The Kier molecular flexibility index (Phi) is 2.00. The molecular formula is C5H10N2O. The lowest BCUT2D eigenvalue weighted by atomic mass is 10.5. The summed E-state index contributed by atoms with van der Waals surface area (Å²) in [6.07, 6.45) is 2.08. The van der Waals surface area contributed by atoms with E-state index in [2.05, 4.69) is 5.43 Å². The van der Waals surface area contributed by atoms with Crippen LogP contribution in [0.25, 0.3) is 0 Å². The predicted molar refractivity (Wildman–Crippen MR) is 30.3 cm³/mol. The average Bonchev–Trinajstić information content (AvgIpc) is 2.19. The van der Waals surface area contributed by atoms with Gasteiger partial charge in [-0.3, -0.25) is 5.43 Å². The highest BCUT2D eigenvalue weighted by molar-refractivity contribution is 5.51. The van der Waals surface area contributed by atoms with Crippen LogP contribution in [0.15, 0.2) is 0 Å². The van der Waals surface area contributed by atoms with Crippen LogP contribution in [0, 0.1) is 0 Å². The van der Waals surface area contributed by atoms with E-state index in [-0.39, 0.29) is 0 Å². The lowest BCUT2D eigenvalue weighted by Gasteiger charge is -2.08. The van der Waals surface area contributed by atoms with Crippen molar-refractivity contribution in [3.8, 4) is 0 Å². The van der Waals surface area contributed by atoms with Crippen molar-refractivity contribution in [2.45, 2.75) is 6.42 Å².